The molecular formula is C28H42N3O5P. The van der Waals surface area contributed by atoms with Gasteiger partial charge in [-0.15, -0.1) is 0 Å². The summed E-state index contributed by atoms with van der Waals surface area (Å²) in [5.41, 5.74) is 7.33. The van der Waals surface area contributed by atoms with E-state index in [0.29, 0.717) is 19.4 Å². The van der Waals surface area contributed by atoms with Gasteiger partial charge in [-0.1, -0.05) is 87.4 Å². The number of carboxylic acids is 1. The molecule has 0 aliphatic rings. The van der Waals surface area contributed by atoms with Crippen molar-refractivity contribution < 1.29 is 23.8 Å². The summed E-state index contributed by atoms with van der Waals surface area (Å²) in [7, 11) is -3.46. The first-order valence-electron chi connectivity index (χ1n) is 13.0. The van der Waals surface area contributed by atoms with Crippen molar-refractivity contribution in [2.75, 3.05) is 12.7 Å². The van der Waals surface area contributed by atoms with Crippen molar-refractivity contribution >= 4 is 19.4 Å². The minimum Gasteiger partial charge on any atom is -0.480 e. The number of rotatable bonds is 18. The number of benzene rings is 2. The van der Waals surface area contributed by atoms with Crippen LogP contribution in [0.2, 0.25) is 0 Å². The molecule has 0 saturated heterocycles. The van der Waals surface area contributed by atoms with Crippen molar-refractivity contribution in [3.8, 4) is 0 Å². The van der Waals surface area contributed by atoms with E-state index in [1.54, 1.807) is 0 Å². The van der Waals surface area contributed by atoms with Crippen molar-refractivity contribution in [1.29, 1.82) is 0 Å². The molecule has 0 aliphatic carbocycles. The van der Waals surface area contributed by atoms with E-state index in [4.69, 9.17) is 10.3 Å². The molecule has 204 valence electrons. The smallest absolute Gasteiger partial charge is 0.326 e. The lowest BCUT2D eigenvalue weighted by Gasteiger charge is -2.27. The average Bonchev–Trinajstić information content (AvgIpc) is 2.87. The number of unbranched alkanes of at least 4 members (excludes halogenated alkanes) is 3. The summed E-state index contributed by atoms with van der Waals surface area (Å²) in [5.74, 6) is -1.52. The summed E-state index contributed by atoms with van der Waals surface area (Å²) in [6.07, 6.45) is 4.13. The molecule has 5 N–H and O–H groups in total. The van der Waals surface area contributed by atoms with Crippen LogP contribution in [0, 0.1) is 5.92 Å². The van der Waals surface area contributed by atoms with Crippen molar-refractivity contribution in [2.45, 2.75) is 71.1 Å². The van der Waals surface area contributed by atoms with E-state index in [0.717, 1.165) is 30.4 Å². The second-order valence-electron chi connectivity index (χ2n) is 9.76. The number of carbonyl (C=O) groups is 2. The van der Waals surface area contributed by atoms with Crippen LogP contribution in [0.1, 0.15) is 57.1 Å². The second kappa shape index (κ2) is 16.4. The van der Waals surface area contributed by atoms with Crippen LogP contribution in [0.3, 0.4) is 0 Å². The molecule has 0 radical (unpaired) electrons. The Morgan fingerprint density at radius 1 is 0.919 bits per heavy atom. The summed E-state index contributed by atoms with van der Waals surface area (Å²) in [6, 6.07) is 16.9. The van der Waals surface area contributed by atoms with Crippen LogP contribution >= 0.6 is 7.52 Å². The van der Waals surface area contributed by atoms with Gasteiger partial charge in [-0.05, 0) is 49.3 Å². The highest BCUT2D eigenvalue weighted by Crippen LogP contribution is 2.45. The summed E-state index contributed by atoms with van der Waals surface area (Å²) >= 11 is 0. The Bertz CT molecular complexity index is 988. The topological polar surface area (TPSA) is 131 Å². The van der Waals surface area contributed by atoms with Gasteiger partial charge in [0.1, 0.15) is 6.04 Å². The number of nitrogens with two attached hydrogens (primary N) is 1. The monoisotopic (exact) mass is 531 g/mol. The molecule has 0 aliphatic heterocycles. The number of hydrogen-bond acceptors (Lipinski definition) is 5. The summed E-state index contributed by atoms with van der Waals surface area (Å²) in [4.78, 5) is 25.2. The number of hydrogen-bond donors (Lipinski definition) is 4. The van der Waals surface area contributed by atoms with Crippen LogP contribution in [0.25, 0.3) is 0 Å². The second-order valence-corrected chi connectivity index (χ2v) is 12.1. The zero-order chi connectivity index (χ0) is 27.1. The fourth-order valence-corrected chi connectivity index (χ4v) is 6.00. The van der Waals surface area contributed by atoms with Gasteiger partial charge in [0, 0.05) is 6.16 Å². The molecule has 3 atom stereocenters. The quantitative estimate of drug-likeness (QED) is 0.162. The van der Waals surface area contributed by atoms with Crippen LogP contribution in [-0.4, -0.2) is 41.8 Å². The van der Waals surface area contributed by atoms with E-state index >= 15 is 0 Å². The van der Waals surface area contributed by atoms with Crippen LogP contribution in [-0.2, 0) is 31.7 Å². The van der Waals surface area contributed by atoms with Crippen molar-refractivity contribution in [2.24, 2.45) is 11.7 Å². The first kappa shape index (κ1) is 30.7. The Morgan fingerprint density at radius 2 is 1.51 bits per heavy atom. The molecule has 8 nitrogen and oxygen atoms in total. The minimum absolute atomic E-state index is 0.0794. The maximum absolute atomic E-state index is 14.1. The van der Waals surface area contributed by atoms with Gasteiger partial charge in [0.25, 0.3) is 7.52 Å². The van der Waals surface area contributed by atoms with Crippen LogP contribution in [0.4, 0.5) is 0 Å². The third-order valence-corrected chi connectivity index (χ3v) is 8.12. The van der Waals surface area contributed by atoms with Crippen LogP contribution in [0.15, 0.2) is 60.7 Å². The third-order valence-electron chi connectivity index (χ3n) is 5.96. The standard InChI is InChI=1S/C28H42N3O5P/c1-22(2)19-26(28(33)34)30-27(32)25(20-23-13-7-5-8-14-23)31-37(35,18-12-4-3-11-17-29)36-21-24-15-9-6-10-16-24/h5-10,13-16,22,25-26H,3-4,11-12,17-21,29H2,1-2H3,(H,30,32)(H,31,35)(H,33,34)/t25-,26-,37?/m0/s1. The van der Waals surface area contributed by atoms with E-state index in [9.17, 15) is 19.3 Å². The van der Waals surface area contributed by atoms with Crippen molar-refractivity contribution in [3.63, 3.8) is 0 Å². The number of nitrogens with one attached hydrogen (secondary N) is 2. The van der Waals surface area contributed by atoms with Crippen molar-refractivity contribution in [1.82, 2.24) is 10.4 Å². The van der Waals surface area contributed by atoms with Crippen LogP contribution < -0.4 is 16.1 Å². The van der Waals surface area contributed by atoms with Crippen molar-refractivity contribution in [3.05, 3.63) is 71.8 Å². The number of carboxylic acid groups (broad SMARTS) is 1. The molecular weight excluding hydrogens is 489 g/mol. The summed E-state index contributed by atoms with van der Waals surface area (Å²) < 4.78 is 20.0. The van der Waals surface area contributed by atoms with Crippen LogP contribution in [0.5, 0.6) is 0 Å². The zero-order valence-corrected chi connectivity index (χ0v) is 22.9. The molecule has 0 aromatic heterocycles. The number of aliphatic carboxylic acids is 1. The molecule has 0 heterocycles. The molecule has 2 aromatic carbocycles. The van der Waals surface area contributed by atoms with Gasteiger partial charge in [0.15, 0.2) is 0 Å². The van der Waals surface area contributed by atoms with Gasteiger partial charge in [-0.25, -0.2) is 9.88 Å². The minimum atomic E-state index is -3.46. The number of carbonyl (C=O) groups excluding carboxylic acids is 1. The summed E-state index contributed by atoms with van der Waals surface area (Å²) in [5, 5.41) is 15.3. The Balaban J connectivity index is 2.25. The maximum atomic E-state index is 14.1. The van der Waals surface area contributed by atoms with E-state index in [1.807, 2.05) is 74.5 Å². The Labute approximate surface area is 220 Å². The lowest BCUT2D eigenvalue weighted by Crippen LogP contribution is -2.51. The molecule has 9 heteroatoms. The van der Waals surface area contributed by atoms with Gasteiger partial charge < -0.3 is 20.7 Å². The molecule has 1 amide bonds. The van der Waals surface area contributed by atoms with E-state index in [2.05, 4.69) is 10.4 Å². The van der Waals surface area contributed by atoms with E-state index in [1.165, 1.54) is 0 Å². The molecule has 0 saturated carbocycles. The molecule has 37 heavy (non-hydrogen) atoms. The largest absolute Gasteiger partial charge is 0.480 e. The highest BCUT2D eigenvalue weighted by molar-refractivity contribution is 7.56. The lowest BCUT2D eigenvalue weighted by atomic mass is 10.0. The van der Waals surface area contributed by atoms with E-state index in [-0.39, 0.29) is 25.1 Å². The maximum Gasteiger partial charge on any atom is 0.326 e. The number of amides is 1. The predicted octanol–water partition coefficient (Wildman–Crippen LogP) is 4.73. The van der Waals surface area contributed by atoms with Gasteiger partial charge in [0.05, 0.1) is 12.6 Å². The van der Waals surface area contributed by atoms with E-state index < -0.39 is 31.5 Å². The van der Waals surface area contributed by atoms with Gasteiger partial charge in [-0.3, -0.25) is 9.36 Å². The first-order valence-corrected chi connectivity index (χ1v) is 14.9. The summed E-state index contributed by atoms with van der Waals surface area (Å²) in [6.45, 7) is 4.55. The molecule has 0 spiro atoms. The molecule has 2 aromatic rings. The normalized spacial score (nSPS) is 14.6. The molecule has 0 fully saturated rings. The van der Waals surface area contributed by atoms with Gasteiger partial charge in [0.2, 0.25) is 5.91 Å². The third kappa shape index (κ3) is 12.1. The fraction of sp³-hybridized carbons (Fsp3) is 0.500. The fourth-order valence-electron chi connectivity index (χ4n) is 3.99. The highest BCUT2D eigenvalue weighted by Gasteiger charge is 2.33. The molecule has 0 bridgehead atoms. The lowest BCUT2D eigenvalue weighted by molar-refractivity contribution is -0.142. The Morgan fingerprint density at radius 3 is 2.08 bits per heavy atom. The predicted molar refractivity (Wildman–Crippen MR) is 147 cm³/mol. The zero-order valence-electron chi connectivity index (χ0n) is 22.0. The molecule has 2 rings (SSSR count). The Kier molecular flexibility index (Phi) is 13.6. The average molecular weight is 532 g/mol. The SMILES string of the molecule is CC(C)C[C@H](NC(=O)[C@H](Cc1ccccc1)NP(=O)(CCCCCCN)OCc1ccccc1)C(=O)O. The van der Waals surface area contributed by atoms with Gasteiger partial charge in [-0.2, -0.15) is 0 Å². The molecule has 1 unspecified atom stereocenters. The first-order chi connectivity index (χ1) is 17.7. The van der Waals surface area contributed by atoms with Gasteiger partial charge >= 0.3 is 5.97 Å². The Hall–Kier alpha value is -2.51. The highest BCUT2D eigenvalue weighted by atomic mass is 31.2.